The third kappa shape index (κ3) is 2.83. The van der Waals surface area contributed by atoms with E-state index in [-0.39, 0.29) is 12.0 Å². The number of hydrogen-bond acceptors (Lipinski definition) is 3. The summed E-state index contributed by atoms with van der Waals surface area (Å²) >= 11 is 0. The Morgan fingerprint density at radius 2 is 2.11 bits per heavy atom. The Kier molecular flexibility index (Phi) is 4.30. The maximum absolute atomic E-state index is 12.4. The number of nitrogens with two attached hydrogens (primary N) is 1. The van der Waals surface area contributed by atoms with Crippen LogP contribution in [0, 0.1) is 0 Å². The zero-order valence-corrected chi connectivity index (χ0v) is 11.7. The van der Waals surface area contributed by atoms with E-state index in [0.717, 1.165) is 37.2 Å². The quantitative estimate of drug-likeness (QED) is 0.655. The zero-order valence-electron chi connectivity index (χ0n) is 11.7. The highest BCUT2D eigenvalue weighted by atomic mass is 16.5. The molecule has 1 aliphatic rings. The van der Waals surface area contributed by atoms with E-state index in [0.29, 0.717) is 12.1 Å². The van der Waals surface area contributed by atoms with Gasteiger partial charge in [0.1, 0.15) is 5.75 Å². The van der Waals surface area contributed by atoms with E-state index in [1.807, 2.05) is 24.0 Å². The molecule has 0 spiro atoms. The second-order valence-electron chi connectivity index (χ2n) is 4.94. The van der Waals surface area contributed by atoms with Crippen LogP contribution in [0.5, 0.6) is 5.75 Å². The van der Waals surface area contributed by atoms with E-state index in [1.165, 1.54) is 0 Å². The number of ether oxygens (including phenoxy) is 1. The maximum Gasteiger partial charge on any atom is 0.268 e. The number of unbranched alkanes of at least 4 members (excludes halogenated alkanes) is 2. The van der Waals surface area contributed by atoms with Gasteiger partial charge in [-0.05, 0) is 25.0 Å². The minimum Gasteiger partial charge on any atom is -0.478 e. The molecular formula is C15H22N2O2. The third-order valence-electron chi connectivity index (χ3n) is 3.44. The lowest BCUT2D eigenvalue weighted by Gasteiger charge is -2.34. The number of amides is 1. The summed E-state index contributed by atoms with van der Waals surface area (Å²) < 4.78 is 5.74. The lowest BCUT2D eigenvalue weighted by atomic mass is 10.1. The molecule has 1 aliphatic heterocycles. The molecule has 0 bridgehead atoms. The summed E-state index contributed by atoms with van der Waals surface area (Å²) in [7, 11) is 0. The predicted octanol–water partition coefficient (Wildman–Crippen LogP) is 2.96. The minimum atomic E-state index is -0.379. The first-order chi connectivity index (χ1) is 9.17. The van der Waals surface area contributed by atoms with Gasteiger partial charge >= 0.3 is 0 Å². The van der Waals surface area contributed by atoms with Crippen LogP contribution in [0.1, 0.15) is 39.5 Å². The number of benzene rings is 1. The first-order valence-corrected chi connectivity index (χ1v) is 7.05. The van der Waals surface area contributed by atoms with Gasteiger partial charge in [-0.25, -0.2) is 0 Å². The minimum absolute atomic E-state index is 0.0656. The van der Waals surface area contributed by atoms with E-state index in [4.69, 9.17) is 10.5 Å². The highest BCUT2D eigenvalue weighted by Gasteiger charge is 2.32. The molecule has 104 valence electrons. The molecule has 0 radical (unpaired) electrons. The van der Waals surface area contributed by atoms with Crippen molar-refractivity contribution in [3.63, 3.8) is 0 Å². The Hall–Kier alpha value is -1.71. The Labute approximate surface area is 114 Å². The summed E-state index contributed by atoms with van der Waals surface area (Å²) in [5, 5.41) is 0. The Balaban J connectivity index is 2.26. The van der Waals surface area contributed by atoms with Crippen molar-refractivity contribution < 1.29 is 9.53 Å². The second-order valence-corrected chi connectivity index (χ2v) is 4.94. The summed E-state index contributed by atoms with van der Waals surface area (Å²) in [4.78, 5) is 14.2. The molecule has 0 fully saturated rings. The van der Waals surface area contributed by atoms with Crippen LogP contribution in [0.4, 0.5) is 11.4 Å². The van der Waals surface area contributed by atoms with Gasteiger partial charge in [-0.3, -0.25) is 4.79 Å². The van der Waals surface area contributed by atoms with Gasteiger partial charge in [0, 0.05) is 18.3 Å². The van der Waals surface area contributed by atoms with Gasteiger partial charge < -0.3 is 15.4 Å². The molecule has 1 amide bonds. The number of carbonyl (C=O) groups is 1. The summed E-state index contributed by atoms with van der Waals surface area (Å²) in [5.74, 6) is 0.791. The fourth-order valence-electron chi connectivity index (χ4n) is 2.35. The number of nitrogens with zero attached hydrogens (tertiary/aromatic N) is 1. The van der Waals surface area contributed by atoms with Crippen LogP contribution >= 0.6 is 0 Å². The second kappa shape index (κ2) is 5.95. The summed E-state index contributed by atoms with van der Waals surface area (Å²) in [6.45, 7) is 4.87. The standard InChI is InChI=1S/C15H22N2O2/c1-3-5-6-9-17-12-8-7-11(16)10-14(12)19-13(4-2)15(17)18/h7-8,10,13H,3-6,9,16H2,1-2H3. The van der Waals surface area contributed by atoms with Crippen molar-refractivity contribution in [3.05, 3.63) is 18.2 Å². The predicted molar refractivity (Wildman–Crippen MR) is 77.4 cm³/mol. The average Bonchev–Trinajstić information content (AvgIpc) is 2.41. The number of fused-ring (bicyclic) bond motifs is 1. The summed E-state index contributed by atoms with van der Waals surface area (Å²) in [5.41, 5.74) is 7.30. The van der Waals surface area contributed by atoms with Crippen LogP contribution in [0.15, 0.2) is 18.2 Å². The fourth-order valence-corrected chi connectivity index (χ4v) is 2.35. The third-order valence-corrected chi connectivity index (χ3v) is 3.44. The molecule has 4 heteroatoms. The van der Waals surface area contributed by atoms with Crippen LogP contribution in [-0.2, 0) is 4.79 Å². The smallest absolute Gasteiger partial charge is 0.268 e. The fraction of sp³-hybridized carbons (Fsp3) is 0.533. The number of anilines is 2. The van der Waals surface area contributed by atoms with Gasteiger partial charge in [0.15, 0.2) is 6.10 Å². The van der Waals surface area contributed by atoms with Crippen LogP contribution in [-0.4, -0.2) is 18.6 Å². The SMILES string of the molecule is CCCCCN1C(=O)C(CC)Oc2cc(N)ccc21. The van der Waals surface area contributed by atoms with Gasteiger partial charge in [-0.2, -0.15) is 0 Å². The molecule has 1 aromatic carbocycles. The van der Waals surface area contributed by atoms with Crippen molar-refractivity contribution in [2.45, 2.75) is 45.6 Å². The van der Waals surface area contributed by atoms with E-state index < -0.39 is 0 Å². The van der Waals surface area contributed by atoms with Crippen molar-refractivity contribution in [1.82, 2.24) is 0 Å². The molecule has 1 aromatic rings. The molecule has 1 unspecified atom stereocenters. The molecule has 4 nitrogen and oxygen atoms in total. The zero-order chi connectivity index (χ0) is 13.8. The first kappa shape index (κ1) is 13.7. The Morgan fingerprint density at radius 1 is 1.32 bits per heavy atom. The monoisotopic (exact) mass is 262 g/mol. The normalized spacial score (nSPS) is 18.1. The van der Waals surface area contributed by atoms with Gasteiger partial charge in [-0.1, -0.05) is 26.7 Å². The first-order valence-electron chi connectivity index (χ1n) is 7.05. The highest BCUT2D eigenvalue weighted by Crippen LogP contribution is 2.36. The molecule has 0 saturated heterocycles. The highest BCUT2D eigenvalue weighted by molar-refractivity contribution is 6.00. The van der Waals surface area contributed by atoms with Gasteiger partial charge in [0.25, 0.3) is 5.91 Å². The molecule has 19 heavy (non-hydrogen) atoms. The van der Waals surface area contributed by atoms with Crippen molar-refractivity contribution in [3.8, 4) is 5.75 Å². The van der Waals surface area contributed by atoms with E-state index >= 15 is 0 Å². The molecule has 0 aromatic heterocycles. The number of hydrogen-bond donors (Lipinski definition) is 1. The molecule has 1 atom stereocenters. The maximum atomic E-state index is 12.4. The van der Waals surface area contributed by atoms with Crippen molar-refractivity contribution in [2.75, 3.05) is 17.2 Å². The molecule has 0 aliphatic carbocycles. The van der Waals surface area contributed by atoms with Crippen LogP contribution < -0.4 is 15.4 Å². The molecule has 0 saturated carbocycles. The molecule has 1 heterocycles. The van der Waals surface area contributed by atoms with E-state index in [9.17, 15) is 4.79 Å². The Morgan fingerprint density at radius 3 is 2.79 bits per heavy atom. The van der Waals surface area contributed by atoms with E-state index in [2.05, 4.69) is 6.92 Å². The molecule has 2 rings (SSSR count). The summed E-state index contributed by atoms with van der Waals surface area (Å²) in [6, 6.07) is 5.49. The molecular weight excluding hydrogens is 240 g/mol. The van der Waals surface area contributed by atoms with Crippen molar-refractivity contribution in [2.24, 2.45) is 0 Å². The van der Waals surface area contributed by atoms with E-state index in [1.54, 1.807) is 6.07 Å². The van der Waals surface area contributed by atoms with Gasteiger partial charge in [0.05, 0.1) is 5.69 Å². The summed E-state index contributed by atoms with van der Waals surface area (Å²) in [6.07, 6.45) is 3.59. The lowest BCUT2D eigenvalue weighted by Crippen LogP contribution is -2.46. The van der Waals surface area contributed by atoms with Crippen molar-refractivity contribution >= 4 is 17.3 Å². The number of nitrogen functional groups attached to an aromatic ring is 1. The topological polar surface area (TPSA) is 55.6 Å². The molecule has 2 N–H and O–H groups in total. The van der Waals surface area contributed by atoms with Crippen LogP contribution in [0.2, 0.25) is 0 Å². The average molecular weight is 262 g/mol. The number of carbonyl (C=O) groups excluding carboxylic acids is 1. The van der Waals surface area contributed by atoms with Gasteiger partial charge in [0.2, 0.25) is 0 Å². The van der Waals surface area contributed by atoms with Crippen LogP contribution in [0.3, 0.4) is 0 Å². The van der Waals surface area contributed by atoms with Gasteiger partial charge in [-0.15, -0.1) is 0 Å². The van der Waals surface area contributed by atoms with Crippen LogP contribution in [0.25, 0.3) is 0 Å². The number of rotatable bonds is 5. The Bertz CT molecular complexity index is 459. The largest absolute Gasteiger partial charge is 0.478 e. The lowest BCUT2D eigenvalue weighted by molar-refractivity contribution is -0.126. The van der Waals surface area contributed by atoms with Crippen molar-refractivity contribution in [1.29, 1.82) is 0 Å².